The number of carboxylic acids is 1. The van der Waals surface area contributed by atoms with Gasteiger partial charge in [0.05, 0.1) is 5.16 Å². The Morgan fingerprint density at radius 1 is 1.91 bits per heavy atom. The minimum Gasteiger partial charge on any atom is -0.480 e. The first-order chi connectivity index (χ1) is 5.22. The molecule has 0 bridgehead atoms. The van der Waals surface area contributed by atoms with Crippen LogP contribution in [-0.2, 0) is 4.79 Å². The van der Waals surface area contributed by atoms with Crippen molar-refractivity contribution >= 4 is 35.1 Å². The lowest BCUT2D eigenvalue weighted by molar-refractivity contribution is -0.138. The van der Waals surface area contributed by atoms with Gasteiger partial charge in [0.15, 0.2) is 6.04 Å². The zero-order valence-corrected chi connectivity index (χ0v) is 7.74. The molecule has 11 heavy (non-hydrogen) atoms. The van der Waals surface area contributed by atoms with Crippen LogP contribution in [0.1, 0.15) is 6.42 Å². The predicted octanol–water partition coefficient (Wildman–Crippen LogP) is 1.30. The van der Waals surface area contributed by atoms with Gasteiger partial charge in [-0.25, -0.2) is 9.79 Å². The van der Waals surface area contributed by atoms with Gasteiger partial charge < -0.3 is 5.11 Å². The van der Waals surface area contributed by atoms with Crippen molar-refractivity contribution in [3.05, 3.63) is 0 Å². The quantitative estimate of drug-likeness (QED) is 0.525. The van der Waals surface area contributed by atoms with Crippen LogP contribution in [0.4, 0.5) is 0 Å². The maximum Gasteiger partial charge on any atom is 0.329 e. The SMILES string of the molecule is CSCC[C@H](N=C=S)C(=O)O. The summed E-state index contributed by atoms with van der Waals surface area (Å²) in [4.78, 5) is 13.9. The minimum atomic E-state index is -0.934. The first-order valence-electron chi connectivity index (χ1n) is 3.01. The van der Waals surface area contributed by atoms with E-state index in [2.05, 4.69) is 22.4 Å². The van der Waals surface area contributed by atoms with Crippen LogP contribution in [0.2, 0.25) is 0 Å². The Bertz CT molecular complexity index is 175. The summed E-state index contributed by atoms with van der Waals surface area (Å²) in [7, 11) is 0. The standard InChI is InChI=1S/C6H9NO2S2/c1-11-3-2-5(6(8)9)7-4-10/h5H,2-3H2,1H3,(H,8,9)/t5-/m0/s1. The topological polar surface area (TPSA) is 49.7 Å². The summed E-state index contributed by atoms with van der Waals surface area (Å²) >= 11 is 5.90. The molecule has 0 aliphatic heterocycles. The highest BCUT2D eigenvalue weighted by molar-refractivity contribution is 7.98. The van der Waals surface area contributed by atoms with E-state index in [-0.39, 0.29) is 0 Å². The van der Waals surface area contributed by atoms with E-state index in [0.29, 0.717) is 6.42 Å². The molecule has 1 atom stereocenters. The van der Waals surface area contributed by atoms with Crippen LogP contribution >= 0.6 is 24.0 Å². The van der Waals surface area contributed by atoms with Crippen molar-refractivity contribution in [2.45, 2.75) is 12.5 Å². The lowest BCUT2D eigenvalue weighted by atomic mass is 10.2. The molecule has 0 spiro atoms. The van der Waals surface area contributed by atoms with Crippen LogP contribution in [0.15, 0.2) is 4.99 Å². The molecule has 0 fully saturated rings. The third kappa shape index (κ3) is 4.95. The van der Waals surface area contributed by atoms with Crippen molar-refractivity contribution in [2.24, 2.45) is 4.99 Å². The van der Waals surface area contributed by atoms with Crippen LogP contribution in [0.3, 0.4) is 0 Å². The molecule has 0 aromatic heterocycles. The highest BCUT2D eigenvalue weighted by Gasteiger charge is 2.13. The molecule has 0 aliphatic rings. The Labute approximate surface area is 74.9 Å². The van der Waals surface area contributed by atoms with Crippen LogP contribution in [0, 0.1) is 0 Å². The average molecular weight is 191 g/mol. The van der Waals surface area contributed by atoms with Gasteiger partial charge in [-0.2, -0.15) is 11.8 Å². The summed E-state index contributed by atoms with van der Waals surface area (Å²) in [5.41, 5.74) is 0. The largest absolute Gasteiger partial charge is 0.480 e. The number of thiocarbonyl (C=S) groups is 1. The fourth-order valence-electron chi connectivity index (χ4n) is 0.536. The summed E-state index contributed by atoms with van der Waals surface area (Å²) in [6, 6.07) is -0.708. The van der Waals surface area contributed by atoms with Gasteiger partial charge in [-0.05, 0) is 30.6 Å². The Kier molecular flexibility index (Phi) is 6.12. The van der Waals surface area contributed by atoms with Crippen molar-refractivity contribution in [3.63, 3.8) is 0 Å². The van der Waals surface area contributed by atoms with Gasteiger partial charge in [0.25, 0.3) is 0 Å². The number of isothiocyanates is 1. The first-order valence-corrected chi connectivity index (χ1v) is 4.81. The molecule has 5 heteroatoms. The van der Waals surface area contributed by atoms with Crippen LogP contribution in [-0.4, -0.2) is 34.3 Å². The van der Waals surface area contributed by atoms with Gasteiger partial charge in [0, 0.05) is 0 Å². The second-order valence-corrected chi connectivity index (χ2v) is 3.02. The van der Waals surface area contributed by atoms with E-state index in [0.717, 1.165) is 5.75 Å². The molecule has 0 aromatic carbocycles. The zero-order valence-electron chi connectivity index (χ0n) is 6.11. The van der Waals surface area contributed by atoms with E-state index in [1.807, 2.05) is 6.26 Å². The van der Waals surface area contributed by atoms with Crippen LogP contribution in [0.25, 0.3) is 0 Å². The number of aliphatic imine (C=N–C) groups is 1. The molecule has 0 radical (unpaired) electrons. The van der Waals surface area contributed by atoms with Gasteiger partial charge in [-0.15, -0.1) is 0 Å². The third-order valence-electron chi connectivity index (χ3n) is 1.09. The number of hydrogen-bond donors (Lipinski definition) is 1. The van der Waals surface area contributed by atoms with E-state index >= 15 is 0 Å². The normalized spacial score (nSPS) is 11.7. The Balaban J connectivity index is 3.89. The van der Waals surface area contributed by atoms with E-state index in [4.69, 9.17) is 5.11 Å². The fraction of sp³-hybridized carbons (Fsp3) is 0.667. The number of aliphatic carboxylic acids is 1. The van der Waals surface area contributed by atoms with Crippen molar-refractivity contribution < 1.29 is 9.90 Å². The second kappa shape index (κ2) is 6.34. The summed E-state index contributed by atoms with van der Waals surface area (Å²) in [6.45, 7) is 0. The number of carboxylic acid groups (broad SMARTS) is 1. The molecule has 1 N–H and O–H groups in total. The summed E-state index contributed by atoms with van der Waals surface area (Å²) in [6.07, 6.45) is 2.43. The monoisotopic (exact) mass is 191 g/mol. The lowest BCUT2D eigenvalue weighted by Gasteiger charge is -2.02. The summed E-state index contributed by atoms with van der Waals surface area (Å²) < 4.78 is 0. The molecular weight excluding hydrogens is 182 g/mol. The van der Waals surface area contributed by atoms with Crippen molar-refractivity contribution in [1.29, 1.82) is 0 Å². The molecule has 3 nitrogen and oxygen atoms in total. The highest BCUT2D eigenvalue weighted by Crippen LogP contribution is 2.03. The van der Waals surface area contributed by atoms with Crippen molar-refractivity contribution in [3.8, 4) is 0 Å². The van der Waals surface area contributed by atoms with Gasteiger partial charge in [0.1, 0.15) is 0 Å². The molecule has 0 saturated heterocycles. The van der Waals surface area contributed by atoms with E-state index in [1.165, 1.54) is 0 Å². The summed E-state index contributed by atoms with van der Waals surface area (Å²) in [5, 5.41) is 10.6. The summed E-state index contributed by atoms with van der Waals surface area (Å²) in [5.74, 6) is -0.159. The van der Waals surface area contributed by atoms with Crippen LogP contribution in [0.5, 0.6) is 0 Å². The number of nitrogens with zero attached hydrogens (tertiary/aromatic N) is 1. The number of hydrogen-bond acceptors (Lipinski definition) is 4. The van der Waals surface area contributed by atoms with Gasteiger partial charge >= 0.3 is 5.97 Å². The Morgan fingerprint density at radius 3 is 2.91 bits per heavy atom. The number of rotatable bonds is 5. The predicted molar refractivity (Wildman–Crippen MR) is 49.4 cm³/mol. The van der Waals surface area contributed by atoms with E-state index in [1.54, 1.807) is 11.8 Å². The molecule has 62 valence electrons. The maximum atomic E-state index is 10.4. The molecule has 0 aliphatic carbocycles. The molecule has 0 unspecified atom stereocenters. The molecular formula is C6H9NO2S2. The second-order valence-electron chi connectivity index (χ2n) is 1.86. The minimum absolute atomic E-state index is 0.514. The Morgan fingerprint density at radius 2 is 2.55 bits per heavy atom. The molecule has 0 amide bonds. The zero-order chi connectivity index (χ0) is 8.69. The van der Waals surface area contributed by atoms with Gasteiger partial charge in [-0.3, -0.25) is 0 Å². The smallest absolute Gasteiger partial charge is 0.329 e. The van der Waals surface area contributed by atoms with Crippen LogP contribution < -0.4 is 0 Å². The number of carbonyl (C=O) groups is 1. The Hall–Kier alpha value is -0.380. The highest BCUT2D eigenvalue weighted by atomic mass is 32.2. The average Bonchev–Trinajstić information content (AvgIpc) is 1.97. The van der Waals surface area contributed by atoms with Gasteiger partial charge in [-0.1, -0.05) is 0 Å². The number of thioether (sulfide) groups is 1. The maximum absolute atomic E-state index is 10.4. The first kappa shape index (κ1) is 10.6. The molecule has 0 rings (SSSR count). The van der Waals surface area contributed by atoms with E-state index < -0.39 is 12.0 Å². The molecule has 0 aromatic rings. The fourth-order valence-corrected chi connectivity index (χ4v) is 1.12. The molecule has 0 heterocycles. The molecule has 0 saturated carbocycles. The van der Waals surface area contributed by atoms with Crippen molar-refractivity contribution in [1.82, 2.24) is 0 Å². The third-order valence-corrected chi connectivity index (χ3v) is 1.84. The van der Waals surface area contributed by atoms with Gasteiger partial charge in [0.2, 0.25) is 0 Å². The van der Waals surface area contributed by atoms with E-state index in [9.17, 15) is 4.79 Å². The lowest BCUT2D eigenvalue weighted by Crippen LogP contribution is -2.18. The van der Waals surface area contributed by atoms with Crippen molar-refractivity contribution in [2.75, 3.05) is 12.0 Å².